The van der Waals surface area contributed by atoms with Crippen molar-refractivity contribution < 1.29 is 4.79 Å². The summed E-state index contributed by atoms with van der Waals surface area (Å²) in [5, 5.41) is 0. The number of hydrogen-bond donors (Lipinski definition) is 0. The lowest BCUT2D eigenvalue weighted by Gasteiger charge is -2.05. The molecule has 1 aromatic heterocycles. The molecule has 0 fully saturated rings. The standard InChI is InChI=1S/C15H14BrNO/c1-3-11-4-6-12(7-5-11)15(18)13-9-17-10(2)8-14(13)16/h4-9H,3H2,1-2H3. The van der Waals surface area contributed by atoms with Gasteiger partial charge in [0.1, 0.15) is 0 Å². The second-order valence-electron chi connectivity index (χ2n) is 4.19. The molecule has 0 bridgehead atoms. The molecule has 92 valence electrons. The number of carbonyl (C=O) groups excluding carboxylic acids is 1. The SMILES string of the molecule is CCc1ccc(C(=O)c2cnc(C)cc2Br)cc1. The molecule has 18 heavy (non-hydrogen) atoms. The van der Waals surface area contributed by atoms with E-state index in [2.05, 4.69) is 27.8 Å². The van der Waals surface area contributed by atoms with Crippen LogP contribution in [0.4, 0.5) is 0 Å². The number of pyridine rings is 1. The molecule has 0 aliphatic heterocycles. The molecule has 0 saturated heterocycles. The molecule has 0 aliphatic carbocycles. The highest BCUT2D eigenvalue weighted by atomic mass is 79.9. The van der Waals surface area contributed by atoms with E-state index in [-0.39, 0.29) is 5.78 Å². The zero-order valence-electron chi connectivity index (χ0n) is 10.4. The number of rotatable bonds is 3. The Morgan fingerprint density at radius 3 is 2.50 bits per heavy atom. The van der Waals surface area contributed by atoms with Crippen molar-refractivity contribution in [2.45, 2.75) is 20.3 Å². The fraction of sp³-hybridized carbons (Fsp3) is 0.200. The van der Waals surface area contributed by atoms with Crippen molar-refractivity contribution in [3.8, 4) is 0 Å². The lowest BCUT2D eigenvalue weighted by atomic mass is 10.0. The van der Waals surface area contributed by atoms with E-state index in [1.165, 1.54) is 5.56 Å². The van der Waals surface area contributed by atoms with E-state index in [9.17, 15) is 4.79 Å². The van der Waals surface area contributed by atoms with Gasteiger partial charge in [-0.3, -0.25) is 9.78 Å². The summed E-state index contributed by atoms with van der Waals surface area (Å²) in [5.41, 5.74) is 3.41. The molecule has 1 aromatic carbocycles. The fourth-order valence-electron chi connectivity index (χ4n) is 1.74. The molecule has 0 aliphatic rings. The van der Waals surface area contributed by atoms with Crippen LogP contribution in [0.1, 0.15) is 34.1 Å². The Morgan fingerprint density at radius 2 is 1.94 bits per heavy atom. The van der Waals surface area contributed by atoms with E-state index < -0.39 is 0 Å². The van der Waals surface area contributed by atoms with Crippen molar-refractivity contribution in [1.29, 1.82) is 0 Å². The number of benzene rings is 1. The highest BCUT2D eigenvalue weighted by Crippen LogP contribution is 2.20. The van der Waals surface area contributed by atoms with E-state index in [0.29, 0.717) is 11.1 Å². The van der Waals surface area contributed by atoms with Crippen LogP contribution in [0.5, 0.6) is 0 Å². The van der Waals surface area contributed by atoms with Gasteiger partial charge >= 0.3 is 0 Å². The molecule has 2 rings (SSSR count). The number of ketones is 1. The third-order valence-electron chi connectivity index (χ3n) is 2.86. The first-order valence-electron chi connectivity index (χ1n) is 5.87. The van der Waals surface area contributed by atoms with Gasteiger partial charge in [0.2, 0.25) is 0 Å². The Hall–Kier alpha value is -1.48. The first-order chi connectivity index (χ1) is 8.61. The molecule has 1 heterocycles. The van der Waals surface area contributed by atoms with Gasteiger partial charge in [-0.1, -0.05) is 31.2 Å². The Morgan fingerprint density at radius 1 is 1.28 bits per heavy atom. The van der Waals surface area contributed by atoms with Crippen molar-refractivity contribution in [2.75, 3.05) is 0 Å². The molecule has 3 heteroatoms. The quantitative estimate of drug-likeness (QED) is 0.804. The number of carbonyl (C=O) groups is 1. The summed E-state index contributed by atoms with van der Waals surface area (Å²) in [6.45, 7) is 3.99. The lowest BCUT2D eigenvalue weighted by Crippen LogP contribution is -2.03. The van der Waals surface area contributed by atoms with Crippen LogP contribution in [0.15, 0.2) is 41.0 Å². The Bertz CT molecular complexity index is 576. The summed E-state index contributed by atoms with van der Waals surface area (Å²) in [7, 11) is 0. The zero-order valence-corrected chi connectivity index (χ0v) is 12.0. The Balaban J connectivity index is 2.35. The maximum atomic E-state index is 12.3. The molecular weight excluding hydrogens is 290 g/mol. The smallest absolute Gasteiger partial charge is 0.195 e. The van der Waals surface area contributed by atoms with Gasteiger partial charge in [-0.2, -0.15) is 0 Å². The van der Waals surface area contributed by atoms with Gasteiger partial charge in [-0.05, 0) is 40.9 Å². The van der Waals surface area contributed by atoms with Gasteiger partial charge in [0.05, 0.1) is 5.56 Å². The average Bonchev–Trinajstić information content (AvgIpc) is 2.38. The molecule has 0 radical (unpaired) electrons. The monoisotopic (exact) mass is 303 g/mol. The first kappa shape index (κ1) is 13.0. The Kier molecular flexibility index (Phi) is 3.92. The normalized spacial score (nSPS) is 10.4. The highest BCUT2D eigenvalue weighted by molar-refractivity contribution is 9.10. The van der Waals surface area contributed by atoms with E-state index in [4.69, 9.17) is 0 Å². The van der Waals surface area contributed by atoms with Crippen molar-refractivity contribution >= 4 is 21.7 Å². The molecule has 0 unspecified atom stereocenters. The van der Waals surface area contributed by atoms with Crippen LogP contribution >= 0.6 is 15.9 Å². The number of aryl methyl sites for hydroxylation is 2. The number of nitrogens with zero attached hydrogens (tertiary/aromatic N) is 1. The van der Waals surface area contributed by atoms with Gasteiger partial charge in [-0.15, -0.1) is 0 Å². The highest BCUT2D eigenvalue weighted by Gasteiger charge is 2.13. The molecular formula is C15H14BrNO. The van der Waals surface area contributed by atoms with Gasteiger partial charge < -0.3 is 0 Å². The van der Waals surface area contributed by atoms with Crippen LogP contribution in [-0.4, -0.2) is 10.8 Å². The minimum atomic E-state index is -0.00275. The summed E-state index contributed by atoms with van der Waals surface area (Å²) in [4.78, 5) is 16.5. The van der Waals surface area contributed by atoms with Gasteiger partial charge in [0.15, 0.2) is 5.78 Å². The van der Waals surface area contributed by atoms with Crippen LogP contribution in [0.3, 0.4) is 0 Å². The van der Waals surface area contributed by atoms with Crippen molar-refractivity contribution in [3.63, 3.8) is 0 Å². The second kappa shape index (κ2) is 5.44. The second-order valence-corrected chi connectivity index (χ2v) is 5.04. The number of hydrogen-bond acceptors (Lipinski definition) is 2. The predicted molar refractivity (Wildman–Crippen MR) is 75.9 cm³/mol. The summed E-state index contributed by atoms with van der Waals surface area (Å²) < 4.78 is 0.791. The van der Waals surface area contributed by atoms with Crippen LogP contribution in [0, 0.1) is 6.92 Å². The van der Waals surface area contributed by atoms with Crippen molar-refractivity contribution in [3.05, 3.63) is 63.4 Å². The van der Waals surface area contributed by atoms with E-state index in [1.807, 2.05) is 37.3 Å². The van der Waals surface area contributed by atoms with Gasteiger partial charge in [-0.25, -0.2) is 0 Å². The molecule has 0 atom stereocenters. The van der Waals surface area contributed by atoms with E-state index in [1.54, 1.807) is 6.20 Å². The van der Waals surface area contributed by atoms with Crippen LogP contribution in [0.2, 0.25) is 0 Å². The van der Waals surface area contributed by atoms with E-state index >= 15 is 0 Å². The summed E-state index contributed by atoms with van der Waals surface area (Å²) in [6, 6.07) is 9.57. The van der Waals surface area contributed by atoms with Crippen LogP contribution in [-0.2, 0) is 6.42 Å². The van der Waals surface area contributed by atoms with Crippen molar-refractivity contribution in [2.24, 2.45) is 0 Å². The molecule has 0 amide bonds. The third-order valence-corrected chi connectivity index (χ3v) is 3.52. The minimum absolute atomic E-state index is 0.00275. The van der Waals surface area contributed by atoms with Crippen LogP contribution in [0.25, 0.3) is 0 Å². The molecule has 0 N–H and O–H groups in total. The molecule has 2 nitrogen and oxygen atoms in total. The lowest BCUT2D eigenvalue weighted by molar-refractivity contribution is 0.103. The summed E-state index contributed by atoms with van der Waals surface area (Å²) in [5.74, 6) is -0.00275. The van der Waals surface area contributed by atoms with E-state index in [0.717, 1.165) is 16.6 Å². The topological polar surface area (TPSA) is 30.0 Å². The zero-order chi connectivity index (χ0) is 13.1. The van der Waals surface area contributed by atoms with Gasteiger partial charge in [0.25, 0.3) is 0 Å². The first-order valence-corrected chi connectivity index (χ1v) is 6.67. The van der Waals surface area contributed by atoms with Gasteiger partial charge in [0, 0.05) is 21.9 Å². The maximum Gasteiger partial charge on any atom is 0.195 e. The number of halogens is 1. The predicted octanol–water partition coefficient (Wildman–Crippen LogP) is 3.95. The largest absolute Gasteiger partial charge is 0.289 e. The average molecular weight is 304 g/mol. The number of aromatic nitrogens is 1. The molecule has 0 spiro atoms. The Labute approximate surface area is 115 Å². The van der Waals surface area contributed by atoms with Crippen molar-refractivity contribution in [1.82, 2.24) is 4.98 Å². The van der Waals surface area contributed by atoms with Crippen LogP contribution < -0.4 is 0 Å². The fourth-order valence-corrected chi connectivity index (χ4v) is 2.35. The summed E-state index contributed by atoms with van der Waals surface area (Å²) in [6.07, 6.45) is 2.60. The third kappa shape index (κ3) is 2.67. The maximum absolute atomic E-state index is 12.3. The minimum Gasteiger partial charge on any atom is -0.289 e. The molecule has 2 aromatic rings. The summed E-state index contributed by atoms with van der Waals surface area (Å²) >= 11 is 3.41. The molecule has 0 saturated carbocycles.